The molecule has 13 aromatic carbocycles. The molecular formula is C71H50. The van der Waals surface area contributed by atoms with E-state index in [-0.39, 0.29) is 5.41 Å². The average Bonchev–Trinajstić information content (AvgIpc) is 3.64. The minimum Gasteiger partial charge on any atom is -0.0622 e. The van der Waals surface area contributed by atoms with Gasteiger partial charge in [-0.3, -0.25) is 0 Å². The van der Waals surface area contributed by atoms with Gasteiger partial charge in [0.15, 0.2) is 0 Å². The lowest BCUT2D eigenvalue weighted by molar-refractivity contribution is 0.661. The Bertz CT molecular complexity index is 4300. The number of rotatable bonds is 5. The van der Waals surface area contributed by atoms with E-state index in [1.165, 1.54) is 154 Å². The van der Waals surface area contributed by atoms with Gasteiger partial charge in [0.1, 0.15) is 0 Å². The Labute approximate surface area is 415 Å². The summed E-state index contributed by atoms with van der Waals surface area (Å²) in [6.07, 6.45) is 0. The van der Waals surface area contributed by atoms with Crippen molar-refractivity contribution in [2.75, 3.05) is 0 Å². The van der Waals surface area contributed by atoms with Crippen molar-refractivity contribution in [1.29, 1.82) is 0 Å². The zero-order chi connectivity index (χ0) is 47.5. The van der Waals surface area contributed by atoms with Crippen LogP contribution in [-0.2, 0) is 5.41 Å². The fourth-order valence-electron chi connectivity index (χ4n) is 13.0. The van der Waals surface area contributed by atoms with Crippen LogP contribution in [0, 0.1) is 13.8 Å². The Balaban J connectivity index is 0.970. The molecule has 0 saturated carbocycles. The van der Waals surface area contributed by atoms with Gasteiger partial charge in [0.25, 0.3) is 0 Å². The minimum atomic E-state index is -0.246. The zero-order valence-electron chi connectivity index (χ0n) is 40.4. The average molecular weight is 903 g/mol. The van der Waals surface area contributed by atoms with E-state index in [1.807, 2.05) is 0 Å². The van der Waals surface area contributed by atoms with Crippen LogP contribution >= 0.6 is 0 Å². The number of benzene rings is 13. The van der Waals surface area contributed by atoms with Gasteiger partial charge in [-0.25, -0.2) is 0 Å². The molecule has 0 saturated heterocycles. The number of aryl methyl sites for hydroxylation is 2. The highest BCUT2D eigenvalue weighted by Gasteiger charge is 2.37. The quantitative estimate of drug-likeness (QED) is 0.151. The summed E-state index contributed by atoms with van der Waals surface area (Å²) >= 11 is 0. The van der Waals surface area contributed by atoms with E-state index in [2.05, 4.69) is 258 Å². The number of hydrogen-bond acceptors (Lipinski definition) is 0. The molecule has 0 radical (unpaired) electrons. The third kappa shape index (κ3) is 6.04. The zero-order valence-corrected chi connectivity index (χ0v) is 40.4. The summed E-state index contributed by atoms with van der Waals surface area (Å²) in [6, 6.07) is 86.6. The summed E-state index contributed by atoms with van der Waals surface area (Å²) in [7, 11) is 0. The topological polar surface area (TPSA) is 0 Å². The maximum atomic E-state index is 2.52. The molecule has 0 aliphatic heterocycles. The lowest BCUT2D eigenvalue weighted by Gasteiger charge is -2.25. The van der Waals surface area contributed by atoms with E-state index in [4.69, 9.17) is 0 Å². The normalized spacial score (nSPS) is 12.9. The second kappa shape index (κ2) is 15.7. The Morgan fingerprint density at radius 1 is 0.239 bits per heavy atom. The Hall–Kier alpha value is -8.58. The van der Waals surface area contributed by atoms with E-state index < -0.39 is 0 Å². The summed E-state index contributed by atoms with van der Waals surface area (Å²) < 4.78 is 0. The highest BCUT2D eigenvalue weighted by atomic mass is 14.4. The van der Waals surface area contributed by atoms with Crippen molar-refractivity contribution in [3.05, 3.63) is 253 Å². The van der Waals surface area contributed by atoms with Gasteiger partial charge < -0.3 is 0 Å². The Morgan fingerprint density at radius 2 is 0.535 bits per heavy atom. The third-order valence-electron chi connectivity index (χ3n) is 16.1. The first-order chi connectivity index (χ1) is 34.9. The summed E-state index contributed by atoms with van der Waals surface area (Å²) in [6.45, 7) is 9.40. The van der Waals surface area contributed by atoms with Crippen molar-refractivity contribution in [2.45, 2.75) is 33.1 Å². The highest BCUT2D eigenvalue weighted by molar-refractivity contribution is 6.30. The van der Waals surface area contributed by atoms with E-state index in [9.17, 15) is 0 Å². The van der Waals surface area contributed by atoms with Gasteiger partial charge in [-0.2, -0.15) is 0 Å². The number of fused-ring (bicyclic) bond motifs is 9. The van der Waals surface area contributed by atoms with Crippen LogP contribution in [0.5, 0.6) is 0 Å². The van der Waals surface area contributed by atoms with Crippen LogP contribution in [0.1, 0.15) is 36.1 Å². The summed E-state index contributed by atoms with van der Waals surface area (Å²) in [5.41, 5.74) is 20.5. The first-order valence-electron chi connectivity index (χ1n) is 25.1. The van der Waals surface area contributed by atoms with Gasteiger partial charge in [-0.1, -0.05) is 232 Å². The van der Waals surface area contributed by atoms with Crippen molar-refractivity contribution in [3.8, 4) is 66.8 Å². The van der Waals surface area contributed by atoms with Gasteiger partial charge in [-0.15, -0.1) is 0 Å². The fraction of sp³-hybridized carbons (Fsp3) is 0.0704. The van der Waals surface area contributed by atoms with Crippen molar-refractivity contribution < 1.29 is 0 Å². The van der Waals surface area contributed by atoms with E-state index in [0.717, 1.165) is 0 Å². The molecule has 0 heterocycles. The van der Waals surface area contributed by atoms with Crippen LogP contribution in [0.3, 0.4) is 0 Å². The molecule has 71 heavy (non-hydrogen) atoms. The molecule has 0 amide bonds. The smallest absolute Gasteiger partial charge is 0.0159 e. The van der Waals surface area contributed by atoms with Crippen LogP contribution < -0.4 is 0 Å². The van der Waals surface area contributed by atoms with Crippen molar-refractivity contribution in [1.82, 2.24) is 0 Å². The highest BCUT2D eigenvalue weighted by Crippen LogP contribution is 2.55. The van der Waals surface area contributed by atoms with E-state index in [1.54, 1.807) is 0 Å². The standard InChI is InChI=1S/C71H50/c1-43-21-19-35-59-63(43)67(45-23-7-5-8-24-45)54-30-14-11-27-51(54)66(59)48-38-40-50-49-39-37-47(41-61(49)71(3,4)62(50)42-48)65-52-28-12-16-32-56(52)69(57-33-17-13-29-53(57)65)70-58-34-18-15-31-55(58)68(46-25-9-6-10-26-46)64-44(2)22-20-36-60(64)70/h5-42H,1-4H3. The lowest BCUT2D eigenvalue weighted by atomic mass is 9.78. The Kier molecular flexibility index (Phi) is 9.17. The third-order valence-corrected chi connectivity index (χ3v) is 16.1. The van der Waals surface area contributed by atoms with Crippen LogP contribution in [-0.4, -0.2) is 0 Å². The monoisotopic (exact) mass is 902 g/mol. The maximum Gasteiger partial charge on any atom is 0.0159 e. The summed E-state index contributed by atoms with van der Waals surface area (Å²) in [5.74, 6) is 0. The molecule has 0 atom stereocenters. The molecule has 334 valence electrons. The summed E-state index contributed by atoms with van der Waals surface area (Å²) in [5, 5.41) is 15.4. The van der Waals surface area contributed by atoms with Crippen LogP contribution in [0.25, 0.3) is 131 Å². The molecule has 0 fully saturated rings. The molecule has 0 N–H and O–H groups in total. The Morgan fingerprint density at radius 3 is 0.930 bits per heavy atom. The summed E-state index contributed by atoms with van der Waals surface area (Å²) in [4.78, 5) is 0. The van der Waals surface area contributed by atoms with Gasteiger partial charge in [0.2, 0.25) is 0 Å². The molecule has 0 nitrogen and oxygen atoms in total. The molecule has 1 aliphatic rings. The molecule has 1 aliphatic carbocycles. The van der Waals surface area contributed by atoms with Crippen molar-refractivity contribution in [3.63, 3.8) is 0 Å². The second-order valence-corrected chi connectivity index (χ2v) is 20.3. The molecular weight excluding hydrogens is 853 g/mol. The molecule has 14 rings (SSSR count). The molecule has 13 aromatic rings. The predicted octanol–water partition coefficient (Wildman–Crippen LogP) is 19.9. The molecule has 0 unspecified atom stereocenters. The molecule has 0 heteroatoms. The van der Waals surface area contributed by atoms with Crippen molar-refractivity contribution in [2.24, 2.45) is 0 Å². The van der Waals surface area contributed by atoms with Crippen LogP contribution in [0.15, 0.2) is 231 Å². The van der Waals surface area contributed by atoms with E-state index >= 15 is 0 Å². The van der Waals surface area contributed by atoms with E-state index in [0.29, 0.717) is 0 Å². The van der Waals surface area contributed by atoms with Gasteiger partial charge in [0.05, 0.1) is 0 Å². The molecule has 0 spiro atoms. The SMILES string of the molecule is Cc1cccc2c(-c3ccc4c(c3)C(C)(C)c3cc(-c5c6ccccc6c(-c6c7ccccc7c(-c7ccccc7)c7c(C)cccc67)c6ccccc56)ccc3-4)c3ccccc3c(-c3ccccc3)c12. The minimum absolute atomic E-state index is 0.246. The van der Waals surface area contributed by atoms with Gasteiger partial charge in [-0.05, 0) is 180 Å². The largest absolute Gasteiger partial charge is 0.0622 e. The van der Waals surface area contributed by atoms with Crippen molar-refractivity contribution >= 4 is 64.6 Å². The molecule has 0 aromatic heterocycles. The second-order valence-electron chi connectivity index (χ2n) is 20.3. The predicted molar refractivity (Wildman–Crippen MR) is 306 cm³/mol. The maximum absolute atomic E-state index is 2.52. The fourth-order valence-corrected chi connectivity index (χ4v) is 13.0. The molecule has 0 bridgehead atoms. The number of hydrogen-bond donors (Lipinski definition) is 0. The van der Waals surface area contributed by atoms with Crippen LogP contribution in [0.4, 0.5) is 0 Å². The van der Waals surface area contributed by atoms with Gasteiger partial charge >= 0.3 is 0 Å². The lowest BCUT2D eigenvalue weighted by Crippen LogP contribution is -2.15. The first kappa shape index (κ1) is 41.4. The van der Waals surface area contributed by atoms with Gasteiger partial charge in [0, 0.05) is 5.41 Å². The van der Waals surface area contributed by atoms with Crippen LogP contribution in [0.2, 0.25) is 0 Å². The first-order valence-corrected chi connectivity index (χ1v) is 25.1.